The highest BCUT2D eigenvalue weighted by atomic mass is 16.7. The molecule has 0 saturated carbocycles. The Labute approximate surface area is 271 Å². The fourth-order valence-electron chi connectivity index (χ4n) is 5.52. The van der Waals surface area contributed by atoms with E-state index in [0.29, 0.717) is 0 Å². The highest BCUT2D eigenvalue weighted by molar-refractivity contribution is 5.76. The zero-order valence-electron chi connectivity index (χ0n) is 25.9. The van der Waals surface area contributed by atoms with Crippen LogP contribution >= 0.6 is 0 Å². The molecule has 0 aromatic rings. The van der Waals surface area contributed by atoms with Gasteiger partial charge in [-0.1, -0.05) is 0 Å². The van der Waals surface area contributed by atoms with Crippen LogP contribution in [0.5, 0.6) is 0 Å². The Balaban J connectivity index is 2.05. The number of hydrogen-bond donors (Lipinski definition) is 10. The lowest BCUT2D eigenvalue weighted by Crippen LogP contribution is -2.72. The van der Waals surface area contributed by atoms with Gasteiger partial charge in [0.05, 0.1) is 6.61 Å². The molecule has 0 bridgehead atoms. The fraction of sp³-hybridized carbons (Fsp3) is 0.769. The van der Waals surface area contributed by atoms with Gasteiger partial charge < -0.3 is 80.1 Å². The van der Waals surface area contributed by atoms with Crippen molar-refractivity contribution in [2.45, 2.75) is 120 Å². The number of ether oxygens (including phenoxy) is 6. The van der Waals surface area contributed by atoms with Crippen molar-refractivity contribution in [1.82, 2.24) is 16.0 Å². The van der Waals surface area contributed by atoms with Crippen LogP contribution in [0.1, 0.15) is 27.7 Å². The quantitative estimate of drug-likeness (QED) is 0.0897. The van der Waals surface area contributed by atoms with Gasteiger partial charge in [-0.3, -0.25) is 19.2 Å². The van der Waals surface area contributed by atoms with Crippen molar-refractivity contribution in [3.8, 4) is 0 Å². The van der Waals surface area contributed by atoms with Crippen LogP contribution in [0.4, 0.5) is 0 Å². The van der Waals surface area contributed by atoms with Crippen molar-refractivity contribution in [2.24, 2.45) is 0 Å². The smallest absolute Gasteiger partial charge is 0.336 e. The first-order valence-electron chi connectivity index (χ1n) is 14.4. The predicted molar refractivity (Wildman–Crippen MR) is 147 cm³/mol. The highest BCUT2D eigenvalue weighted by Crippen LogP contribution is 2.33. The van der Waals surface area contributed by atoms with E-state index in [4.69, 9.17) is 28.4 Å². The number of carboxylic acids is 2. The normalized spacial score (nSPS) is 39.8. The SMILES string of the molecule is CC(=O)N[C@@H]1[C@H](O[C@H]2[C@H](NC(C)=O)[C@@H](O)O[C@@H](C(=O)O)[C@H]2OC(C)=O)O[C@H](C(=O)O)[C@@H](O[C@@H]2O[C@H](CO)[C@@H](O)[C@H](O)[C@H]2NC(C)=O)[C@@H]1O. The Morgan fingerprint density at radius 2 is 1.06 bits per heavy atom. The number of carbonyl (C=O) groups is 6. The average molecular weight is 698 g/mol. The molecule has 3 saturated heterocycles. The minimum atomic E-state index is -2.24. The van der Waals surface area contributed by atoms with Crippen molar-refractivity contribution in [3.63, 3.8) is 0 Å². The van der Waals surface area contributed by atoms with Gasteiger partial charge >= 0.3 is 17.9 Å². The Morgan fingerprint density at radius 3 is 1.54 bits per heavy atom. The maximum atomic E-state index is 12.5. The summed E-state index contributed by atoms with van der Waals surface area (Å²) >= 11 is 0. The minimum absolute atomic E-state index is 0.750. The second-order valence-corrected chi connectivity index (χ2v) is 11.2. The number of aliphatic carboxylic acids is 2. The van der Waals surface area contributed by atoms with Gasteiger partial charge in [0.25, 0.3) is 0 Å². The number of carboxylic acid groups (broad SMARTS) is 2. The number of rotatable bonds is 11. The molecule has 0 aliphatic carbocycles. The van der Waals surface area contributed by atoms with E-state index in [-0.39, 0.29) is 0 Å². The standard InChI is InChI=1S/C26H39N3O19/c1-6(31)27-11-15(36)14(35)10(5-30)44-25(11)47-18-16(37)12(28-7(2)32)26(48-20(18)22(38)39)46-17-13(29-8(3)33)24(42)45-21(23(40)41)19(17)43-9(4)34/h10-21,24-26,30,35-37,42H,5H2,1-4H3,(H,27,31)(H,28,32)(H,29,33)(H,38,39)(H,40,41)/t10-,11-,12+,13+,14-,15-,16-,17+,18+,19+,20+,21-,24+,25+,26-/m1/s1. The summed E-state index contributed by atoms with van der Waals surface area (Å²) in [6.07, 6.45) is -23.4. The summed E-state index contributed by atoms with van der Waals surface area (Å²) in [4.78, 5) is 72.5. The molecule has 3 fully saturated rings. The lowest BCUT2D eigenvalue weighted by atomic mass is 9.93. The number of aliphatic hydroxyl groups is 5. The van der Waals surface area contributed by atoms with Crippen molar-refractivity contribution in [2.75, 3.05) is 6.61 Å². The third-order valence-corrected chi connectivity index (χ3v) is 7.51. The lowest BCUT2D eigenvalue weighted by Gasteiger charge is -2.49. The molecular weight excluding hydrogens is 658 g/mol. The molecule has 3 heterocycles. The van der Waals surface area contributed by atoms with E-state index in [0.717, 1.165) is 27.7 Å². The van der Waals surface area contributed by atoms with E-state index < -0.39 is 134 Å². The Hall–Kier alpha value is -3.58. The van der Waals surface area contributed by atoms with Crippen molar-refractivity contribution < 1.29 is 92.9 Å². The molecule has 48 heavy (non-hydrogen) atoms. The van der Waals surface area contributed by atoms with Crippen LogP contribution < -0.4 is 16.0 Å². The summed E-state index contributed by atoms with van der Waals surface area (Å²) in [6.45, 7) is 3.08. The Bertz CT molecular complexity index is 1220. The zero-order valence-corrected chi connectivity index (χ0v) is 25.9. The summed E-state index contributed by atoms with van der Waals surface area (Å²) < 4.78 is 32.8. The van der Waals surface area contributed by atoms with E-state index in [1.807, 2.05) is 0 Å². The molecule has 272 valence electrons. The maximum absolute atomic E-state index is 12.5. The number of amides is 3. The molecule has 3 amide bonds. The molecule has 3 rings (SSSR count). The van der Waals surface area contributed by atoms with Gasteiger partial charge in [0.1, 0.15) is 54.7 Å². The molecule has 3 aliphatic heterocycles. The first kappa shape index (κ1) is 38.9. The van der Waals surface area contributed by atoms with E-state index >= 15 is 0 Å². The second-order valence-electron chi connectivity index (χ2n) is 11.2. The van der Waals surface area contributed by atoms with Crippen molar-refractivity contribution >= 4 is 35.6 Å². The van der Waals surface area contributed by atoms with E-state index in [9.17, 15) is 64.5 Å². The van der Waals surface area contributed by atoms with E-state index in [2.05, 4.69) is 16.0 Å². The summed E-state index contributed by atoms with van der Waals surface area (Å²) in [5.74, 6) is -7.02. The Kier molecular flexibility index (Phi) is 13.1. The van der Waals surface area contributed by atoms with Gasteiger partial charge in [0, 0.05) is 27.7 Å². The van der Waals surface area contributed by atoms with Crippen molar-refractivity contribution in [3.05, 3.63) is 0 Å². The van der Waals surface area contributed by atoms with Gasteiger partial charge in [0.2, 0.25) is 17.7 Å². The molecule has 22 heteroatoms. The first-order valence-corrected chi connectivity index (χ1v) is 14.4. The van der Waals surface area contributed by atoms with Crippen LogP contribution in [-0.4, -0.2) is 170 Å². The lowest BCUT2D eigenvalue weighted by molar-refractivity contribution is -0.342. The molecule has 0 aromatic carbocycles. The van der Waals surface area contributed by atoms with E-state index in [1.54, 1.807) is 0 Å². The second kappa shape index (κ2) is 16.2. The summed E-state index contributed by atoms with van der Waals surface area (Å²) in [5, 5.41) is 79.2. The molecule has 0 aromatic heterocycles. The molecule has 0 unspecified atom stereocenters. The zero-order chi connectivity index (χ0) is 36.2. The molecule has 3 aliphatic rings. The van der Waals surface area contributed by atoms with Crippen LogP contribution in [0.2, 0.25) is 0 Å². The number of nitrogens with one attached hydrogen (secondary N) is 3. The van der Waals surface area contributed by atoms with Crippen LogP contribution in [0.25, 0.3) is 0 Å². The molecule has 15 atom stereocenters. The fourth-order valence-corrected chi connectivity index (χ4v) is 5.52. The first-order chi connectivity index (χ1) is 22.4. The number of aliphatic hydroxyl groups excluding tert-OH is 5. The highest BCUT2D eigenvalue weighted by Gasteiger charge is 2.57. The van der Waals surface area contributed by atoms with Gasteiger partial charge in [-0.05, 0) is 0 Å². The third kappa shape index (κ3) is 8.90. The van der Waals surface area contributed by atoms with Crippen LogP contribution in [0.15, 0.2) is 0 Å². The van der Waals surface area contributed by atoms with E-state index in [1.165, 1.54) is 0 Å². The molecule has 10 N–H and O–H groups in total. The minimum Gasteiger partial charge on any atom is -0.479 e. The largest absolute Gasteiger partial charge is 0.479 e. The summed E-state index contributed by atoms with van der Waals surface area (Å²) in [5.41, 5.74) is 0. The number of hydrogen-bond acceptors (Lipinski definition) is 17. The topological polar surface area (TPSA) is 335 Å². The summed E-state index contributed by atoms with van der Waals surface area (Å²) in [6, 6.07) is -5.08. The van der Waals surface area contributed by atoms with Gasteiger partial charge in [-0.25, -0.2) is 9.59 Å². The maximum Gasteiger partial charge on any atom is 0.336 e. The molecular formula is C26H39N3O19. The number of esters is 1. The van der Waals surface area contributed by atoms with Crippen molar-refractivity contribution in [1.29, 1.82) is 0 Å². The third-order valence-electron chi connectivity index (χ3n) is 7.51. The van der Waals surface area contributed by atoms with Gasteiger partial charge in [-0.15, -0.1) is 0 Å². The van der Waals surface area contributed by atoms with Crippen LogP contribution in [-0.2, 0) is 57.2 Å². The molecule has 0 spiro atoms. The predicted octanol–water partition coefficient (Wildman–Crippen LogP) is -6.39. The van der Waals surface area contributed by atoms with Gasteiger partial charge in [-0.2, -0.15) is 0 Å². The van der Waals surface area contributed by atoms with Crippen LogP contribution in [0.3, 0.4) is 0 Å². The monoisotopic (exact) mass is 697 g/mol. The number of carbonyl (C=O) groups excluding carboxylic acids is 4. The summed E-state index contributed by atoms with van der Waals surface area (Å²) in [7, 11) is 0. The molecule has 0 radical (unpaired) electrons. The average Bonchev–Trinajstić information content (AvgIpc) is 2.97. The molecule has 22 nitrogen and oxygen atoms in total. The van der Waals surface area contributed by atoms with Gasteiger partial charge in [0.15, 0.2) is 37.2 Å². The van der Waals surface area contributed by atoms with Crippen LogP contribution in [0, 0.1) is 0 Å². The Morgan fingerprint density at radius 1 is 0.604 bits per heavy atom.